The van der Waals surface area contributed by atoms with Crippen molar-refractivity contribution in [2.45, 2.75) is 37.6 Å². The third kappa shape index (κ3) is 4.20. The Morgan fingerprint density at radius 3 is 2.57 bits per heavy atom. The number of sulfone groups is 1. The fourth-order valence-electron chi connectivity index (χ4n) is 3.05. The van der Waals surface area contributed by atoms with Gasteiger partial charge in [-0.25, -0.2) is 8.42 Å². The summed E-state index contributed by atoms with van der Waals surface area (Å²) in [5.74, 6) is 0.647. The van der Waals surface area contributed by atoms with Crippen LogP contribution in [0, 0.1) is 5.92 Å². The van der Waals surface area contributed by atoms with E-state index in [1.54, 1.807) is 12.1 Å². The van der Waals surface area contributed by atoms with Crippen LogP contribution in [0.15, 0.2) is 29.2 Å². The second kappa shape index (κ2) is 6.79. The number of hydrogen-bond donors (Lipinski definition) is 1. The Balaban J connectivity index is 2.07. The van der Waals surface area contributed by atoms with Gasteiger partial charge >= 0.3 is 0 Å². The topological polar surface area (TPSA) is 49.4 Å². The minimum atomic E-state index is -3.11. The van der Waals surface area contributed by atoms with E-state index in [9.17, 15) is 8.42 Å². The third-order valence-corrected chi connectivity index (χ3v) is 5.45. The van der Waals surface area contributed by atoms with Gasteiger partial charge in [-0.1, -0.05) is 6.92 Å². The zero-order valence-electron chi connectivity index (χ0n) is 13.2. The third-order valence-electron chi connectivity index (χ3n) is 4.32. The molecule has 1 aliphatic heterocycles. The van der Waals surface area contributed by atoms with E-state index in [2.05, 4.69) is 24.1 Å². The van der Waals surface area contributed by atoms with Crippen molar-refractivity contribution in [3.05, 3.63) is 24.3 Å². The maximum absolute atomic E-state index is 11.5. The molecule has 118 valence electrons. The summed E-state index contributed by atoms with van der Waals surface area (Å²) in [6.45, 7) is 7.48. The summed E-state index contributed by atoms with van der Waals surface area (Å²) in [7, 11) is -3.11. The lowest BCUT2D eigenvalue weighted by Crippen LogP contribution is -2.44. The number of piperidine rings is 1. The standard InChI is InChI=1S/C16H26N2O2S/c1-4-17-13(2)14-6-5-11-18(12-14)15-7-9-16(10-8-15)21(3,19)20/h7-10,13-14,17H,4-6,11-12H2,1-3H3. The second-order valence-corrected chi connectivity index (χ2v) is 7.98. The van der Waals surface area contributed by atoms with E-state index in [-0.39, 0.29) is 0 Å². The molecule has 0 aromatic heterocycles. The van der Waals surface area contributed by atoms with Gasteiger partial charge in [0.05, 0.1) is 4.90 Å². The van der Waals surface area contributed by atoms with Gasteiger partial charge in [-0.05, 0) is 56.5 Å². The Labute approximate surface area is 128 Å². The van der Waals surface area contributed by atoms with E-state index in [4.69, 9.17) is 0 Å². The molecule has 5 heteroatoms. The molecule has 21 heavy (non-hydrogen) atoms. The lowest BCUT2D eigenvalue weighted by molar-refractivity contribution is 0.324. The normalized spacial score (nSPS) is 21.3. The van der Waals surface area contributed by atoms with Crippen molar-refractivity contribution < 1.29 is 8.42 Å². The molecule has 1 N–H and O–H groups in total. The zero-order chi connectivity index (χ0) is 15.5. The van der Waals surface area contributed by atoms with Gasteiger partial charge in [-0.2, -0.15) is 0 Å². The van der Waals surface area contributed by atoms with Crippen LogP contribution in [0.1, 0.15) is 26.7 Å². The van der Waals surface area contributed by atoms with Gasteiger partial charge in [-0.3, -0.25) is 0 Å². The molecule has 0 saturated carbocycles. The molecule has 1 fully saturated rings. The molecule has 0 bridgehead atoms. The monoisotopic (exact) mass is 310 g/mol. The van der Waals surface area contributed by atoms with Gasteiger partial charge in [0.2, 0.25) is 0 Å². The zero-order valence-corrected chi connectivity index (χ0v) is 14.0. The Morgan fingerprint density at radius 2 is 2.00 bits per heavy atom. The molecule has 1 saturated heterocycles. The number of benzene rings is 1. The predicted molar refractivity (Wildman–Crippen MR) is 87.6 cm³/mol. The van der Waals surface area contributed by atoms with E-state index in [0.717, 1.165) is 25.3 Å². The maximum Gasteiger partial charge on any atom is 0.175 e. The van der Waals surface area contributed by atoms with Gasteiger partial charge in [0, 0.05) is 31.1 Å². The molecule has 1 aromatic rings. The van der Waals surface area contributed by atoms with E-state index in [1.165, 1.54) is 19.1 Å². The Morgan fingerprint density at radius 1 is 1.33 bits per heavy atom. The molecule has 1 aromatic carbocycles. The van der Waals surface area contributed by atoms with Crippen LogP contribution in [0.4, 0.5) is 5.69 Å². The second-order valence-electron chi connectivity index (χ2n) is 5.96. The van der Waals surface area contributed by atoms with Crippen LogP contribution in [-0.4, -0.2) is 40.3 Å². The Kier molecular flexibility index (Phi) is 5.27. The van der Waals surface area contributed by atoms with Crippen molar-refractivity contribution in [2.75, 3.05) is 30.8 Å². The van der Waals surface area contributed by atoms with Gasteiger partial charge in [0.15, 0.2) is 9.84 Å². The first-order valence-electron chi connectivity index (χ1n) is 7.70. The van der Waals surface area contributed by atoms with Crippen LogP contribution in [0.5, 0.6) is 0 Å². The molecule has 1 heterocycles. The van der Waals surface area contributed by atoms with Crippen LogP contribution in [0.25, 0.3) is 0 Å². The first kappa shape index (κ1) is 16.3. The summed E-state index contributed by atoms with van der Waals surface area (Å²) in [5.41, 5.74) is 1.12. The van der Waals surface area contributed by atoms with E-state index >= 15 is 0 Å². The summed E-state index contributed by atoms with van der Waals surface area (Å²) in [6, 6.07) is 7.80. The lowest BCUT2D eigenvalue weighted by Gasteiger charge is -2.37. The molecular weight excluding hydrogens is 284 g/mol. The lowest BCUT2D eigenvalue weighted by atomic mass is 9.91. The fraction of sp³-hybridized carbons (Fsp3) is 0.625. The van der Waals surface area contributed by atoms with Crippen LogP contribution < -0.4 is 10.2 Å². The average Bonchev–Trinajstić information content (AvgIpc) is 2.47. The number of anilines is 1. The minimum absolute atomic E-state index is 0.390. The summed E-state index contributed by atoms with van der Waals surface area (Å²) in [4.78, 5) is 2.76. The highest BCUT2D eigenvalue weighted by atomic mass is 32.2. The number of nitrogens with one attached hydrogen (secondary N) is 1. The number of hydrogen-bond acceptors (Lipinski definition) is 4. The molecule has 2 unspecified atom stereocenters. The molecule has 4 nitrogen and oxygen atoms in total. The van der Waals surface area contributed by atoms with Crippen molar-refractivity contribution in [3.63, 3.8) is 0 Å². The van der Waals surface area contributed by atoms with Crippen LogP contribution in [0.3, 0.4) is 0 Å². The van der Waals surface area contributed by atoms with E-state index in [0.29, 0.717) is 16.9 Å². The molecular formula is C16H26N2O2S. The molecule has 0 aliphatic carbocycles. The number of rotatable bonds is 5. The summed E-state index contributed by atoms with van der Waals surface area (Å²) in [5, 5.41) is 3.51. The Bertz CT molecular complexity index is 554. The van der Waals surface area contributed by atoms with Gasteiger partial charge in [0.25, 0.3) is 0 Å². The van der Waals surface area contributed by atoms with Crippen LogP contribution in [0.2, 0.25) is 0 Å². The first-order chi connectivity index (χ1) is 9.91. The van der Waals surface area contributed by atoms with Crippen molar-refractivity contribution >= 4 is 15.5 Å². The highest BCUT2D eigenvalue weighted by molar-refractivity contribution is 7.90. The molecule has 2 rings (SSSR count). The van der Waals surface area contributed by atoms with Crippen molar-refractivity contribution in [3.8, 4) is 0 Å². The van der Waals surface area contributed by atoms with Crippen molar-refractivity contribution in [2.24, 2.45) is 5.92 Å². The largest absolute Gasteiger partial charge is 0.371 e. The predicted octanol–water partition coefficient (Wildman–Crippen LogP) is 2.30. The average molecular weight is 310 g/mol. The van der Waals surface area contributed by atoms with E-state index < -0.39 is 9.84 Å². The minimum Gasteiger partial charge on any atom is -0.371 e. The molecule has 0 amide bonds. The summed E-state index contributed by atoms with van der Waals surface area (Å²) in [6.07, 6.45) is 3.69. The Hall–Kier alpha value is -1.07. The van der Waals surface area contributed by atoms with Gasteiger partial charge < -0.3 is 10.2 Å². The molecule has 2 atom stereocenters. The first-order valence-corrected chi connectivity index (χ1v) is 9.59. The quantitative estimate of drug-likeness (QED) is 0.906. The smallest absolute Gasteiger partial charge is 0.175 e. The fourth-order valence-corrected chi connectivity index (χ4v) is 3.68. The SMILES string of the molecule is CCNC(C)C1CCCN(c2ccc(S(C)(=O)=O)cc2)C1. The molecule has 0 spiro atoms. The van der Waals surface area contributed by atoms with Crippen LogP contribution in [-0.2, 0) is 9.84 Å². The van der Waals surface area contributed by atoms with Gasteiger partial charge in [-0.15, -0.1) is 0 Å². The van der Waals surface area contributed by atoms with Crippen LogP contribution >= 0.6 is 0 Å². The van der Waals surface area contributed by atoms with Crippen molar-refractivity contribution in [1.29, 1.82) is 0 Å². The summed E-state index contributed by atoms with van der Waals surface area (Å²) >= 11 is 0. The highest BCUT2D eigenvalue weighted by Gasteiger charge is 2.24. The van der Waals surface area contributed by atoms with Crippen molar-refractivity contribution in [1.82, 2.24) is 5.32 Å². The number of nitrogens with zero attached hydrogens (tertiary/aromatic N) is 1. The van der Waals surface area contributed by atoms with Gasteiger partial charge in [0.1, 0.15) is 0 Å². The maximum atomic E-state index is 11.5. The van der Waals surface area contributed by atoms with E-state index in [1.807, 2.05) is 12.1 Å². The molecule has 0 radical (unpaired) electrons. The molecule has 1 aliphatic rings. The highest BCUT2D eigenvalue weighted by Crippen LogP contribution is 2.26. The summed E-state index contributed by atoms with van der Waals surface area (Å²) < 4.78 is 23.0.